The van der Waals surface area contributed by atoms with Gasteiger partial charge in [0.1, 0.15) is 0 Å². The van der Waals surface area contributed by atoms with Crippen LogP contribution in [0.3, 0.4) is 0 Å². The fraction of sp³-hybridized carbons (Fsp3) is 0.250. The van der Waals surface area contributed by atoms with E-state index in [2.05, 4.69) is 10.0 Å². The SMILES string of the molecule is CNCc1cccc(S(=O)(=O)Nc2ccc(C)cc2C)c1. The van der Waals surface area contributed by atoms with Gasteiger partial charge in [0.05, 0.1) is 10.6 Å². The van der Waals surface area contributed by atoms with Crippen molar-refractivity contribution in [2.75, 3.05) is 11.8 Å². The zero-order chi connectivity index (χ0) is 15.5. The lowest BCUT2D eigenvalue weighted by Crippen LogP contribution is -2.14. The van der Waals surface area contributed by atoms with Crippen LogP contribution in [-0.4, -0.2) is 15.5 Å². The average molecular weight is 304 g/mol. The molecule has 2 rings (SSSR count). The van der Waals surface area contributed by atoms with Crippen LogP contribution in [0.5, 0.6) is 0 Å². The first-order valence-corrected chi connectivity index (χ1v) is 8.24. The van der Waals surface area contributed by atoms with Crippen LogP contribution < -0.4 is 10.0 Å². The van der Waals surface area contributed by atoms with Gasteiger partial charge in [0, 0.05) is 6.54 Å². The number of aryl methyl sites for hydroxylation is 2. The van der Waals surface area contributed by atoms with Crippen molar-refractivity contribution >= 4 is 15.7 Å². The van der Waals surface area contributed by atoms with Gasteiger partial charge >= 0.3 is 0 Å². The van der Waals surface area contributed by atoms with Crippen molar-refractivity contribution in [2.45, 2.75) is 25.3 Å². The highest BCUT2D eigenvalue weighted by atomic mass is 32.2. The molecule has 0 aromatic heterocycles. The molecule has 0 spiro atoms. The minimum atomic E-state index is -3.57. The molecule has 5 heteroatoms. The maximum Gasteiger partial charge on any atom is 0.261 e. The Morgan fingerprint density at radius 1 is 1.05 bits per heavy atom. The largest absolute Gasteiger partial charge is 0.316 e. The number of sulfonamides is 1. The molecule has 112 valence electrons. The second kappa shape index (κ2) is 6.28. The standard InChI is InChI=1S/C16H20N2O2S/c1-12-7-8-16(13(2)9-12)18-21(19,20)15-6-4-5-14(10-15)11-17-3/h4-10,17-18H,11H2,1-3H3. The predicted octanol–water partition coefficient (Wildman–Crippen LogP) is 2.82. The van der Waals surface area contributed by atoms with Crippen LogP contribution in [-0.2, 0) is 16.6 Å². The van der Waals surface area contributed by atoms with E-state index < -0.39 is 10.0 Å². The van der Waals surface area contributed by atoms with Crippen molar-refractivity contribution in [3.05, 3.63) is 59.2 Å². The van der Waals surface area contributed by atoms with E-state index in [9.17, 15) is 8.42 Å². The molecule has 0 atom stereocenters. The molecular weight excluding hydrogens is 284 g/mol. The molecule has 0 bridgehead atoms. The molecule has 0 fully saturated rings. The maximum atomic E-state index is 12.5. The average Bonchev–Trinajstić information content (AvgIpc) is 2.43. The molecule has 0 unspecified atom stereocenters. The predicted molar refractivity (Wildman–Crippen MR) is 85.9 cm³/mol. The molecule has 4 nitrogen and oxygen atoms in total. The first-order valence-electron chi connectivity index (χ1n) is 6.76. The van der Waals surface area contributed by atoms with Gasteiger partial charge < -0.3 is 5.32 Å². The molecule has 0 heterocycles. The summed E-state index contributed by atoms with van der Waals surface area (Å²) in [6, 6.07) is 12.6. The molecule has 2 aromatic carbocycles. The lowest BCUT2D eigenvalue weighted by atomic mass is 10.1. The Hall–Kier alpha value is -1.85. The number of nitrogens with one attached hydrogen (secondary N) is 2. The van der Waals surface area contributed by atoms with E-state index in [1.807, 2.05) is 39.1 Å². The summed E-state index contributed by atoms with van der Waals surface area (Å²) in [4.78, 5) is 0.273. The van der Waals surface area contributed by atoms with Gasteiger partial charge in [-0.1, -0.05) is 29.8 Å². The molecule has 2 N–H and O–H groups in total. The third-order valence-corrected chi connectivity index (χ3v) is 4.58. The molecule has 2 aromatic rings. The molecule has 0 aliphatic rings. The van der Waals surface area contributed by atoms with Crippen LogP contribution in [0.15, 0.2) is 47.4 Å². The van der Waals surface area contributed by atoms with E-state index in [4.69, 9.17) is 0 Å². The van der Waals surface area contributed by atoms with E-state index in [-0.39, 0.29) is 4.90 Å². The first kappa shape index (κ1) is 15.5. The fourth-order valence-corrected chi connectivity index (χ4v) is 3.36. The Bertz CT molecular complexity index is 740. The Balaban J connectivity index is 2.31. The molecule has 0 aliphatic carbocycles. The second-order valence-electron chi connectivity index (χ2n) is 5.10. The van der Waals surface area contributed by atoms with Crippen LogP contribution in [0.1, 0.15) is 16.7 Å². The Morgan fingerprint density at radius 3 is 2.48 bits per heavy atom. The molecule has 0 saturated carbocycles. The van der Waals surface area contributed by atoms with Crippen LogP contribution >= 0.6 is 0 Å². The van der Waals surface area contributed by atoms with Crippen LogP contribution in [0, 0.1) is 13.8 Å². The number of hydrogen-bond acceptors (Lipinski definition) is 3. The maximum absolute atomic E-state index is 12.5. The Morgan fingerprint density at radius 2 is 1.81 bits per heavy atom. The third-order valence-electron chi connectivity index (χ3n) is 3.22. The quantitative estimate of drug-likeness (QED) is 0.893. The smallest absolute Gasteiger partial charge is 0.261 e. The Labute approximate surface area is 126 Å². The number of rotatable bonds is 5. The lowest BCUT2D eigenvalue weighted by molar-refractivity contribution is 0.601. The van der Waals surface area contributed by atoms with Crippen molar-refractivity contribution < 1.29 is 8.42 Å². The number of benzene rings is 2. The van der Waals surface area contributed by atoms with E-state index in [0.29, 0.717) is 12.2 Å². The van der Waals surface area contributed by atoms with Gasteiger partial charge in [0.25, 0.3) is 10.0 Å². The van der Waals surface area contributed by atoms with Gasteiger partial charge in [0.15, 0.2) is 0 Å². The van der Waals surface area contributed by atoms with Crippen molar-refractivity contribution in [1.29, 1.82) is 0 Å². The summed E-state index contributed by atoms with van der Waals surface area (Å²) in [6.07, 6.45) is 0. The van der Waals surface area contributed by atoms with Crippen LogP contribution in [0.25, 0.3) is 0 Å². The van der Waals surface area contributed by atoms with Gasteiger partial charge in [-0.15, -0.1) is 0 Å². The Kier molecular flexibility index (Phi) is 4.65. The third kappa shape index (κ3) is 3.83. The summed E-state index contributed by atoms with van der Waals surface area (Å²) in [5, 5.41) is 3.01. The summed E-state index contributed by atoms with van der Waals surface area (Å²) in [6.45, 7) is 4.50. The molecule has 0 amide bonds. The molecular formula is C16H20N2O2S. The van der Waals surface area contributed by atoms with Gasteiger partial charge in [-0.2, -0.15) is 0 Å². The molecule has 21 heavy (non-hydrogen) atoms. The van der Waals surface area contributed by atoms with Gasteiger partial charge in [-0.25, -0.2) is 8.42 Å². The van der Waals surface area contributed by atoms with Gasteiger partial charge in [-0.3, -0.25) is 4.72 Å². The van der Waals surface area contributed by atoms with E-state index >= 15 is 0 Å². The zero-order valence-electron chi connectivity index (χ0n) is 12.5. The zero-order valence-corrected chi connectivity index (χ0v) is 13.3. The van der Waals surface area contributed by atoms with Crippen molar-refractivity contribution in [3.8, 4) is 0 Å². The van der Waals surface area contributed by atoms with Crippen LogP contribution in [0.4, 0.5) is 5.69 Å². The normalized spacial score (nSPS) is 11.4. The first-order chi connectivity index (χ1) is 9.92. The highest BCUT2D eigenvalue weighted by Crippen LogP contribution is 2.21. The minimum Gasteiger partial charge on any atom is -0.316 e. The minimum absolute atomic E-state index is 0.273. The van der Waals surface area contributed by atoms with Gasteiger partial charge in [-0.05, 0) is 50.2 Å². The van der Waals surface area contributed by atoms with Crippen LogP contribution in [0.2, 0.25) is 0 Å². The van der Waals surface area contributed by atoms with Crippen molar-refractivity contribution in [3.63, 3.8) is 0 Å². The van der Waals surface area contributed by atoms with Crippen molar-refractivity contribution in [1.82, 2.24) is 5.32 Å². The van der Waals surface area contributed by atoms with E-state index in [1.54, 1.807) is 24.3 Å². The topological polar surface area (TPSA) is 58.2 Å². The molecule has 0 aliphatic heterocycles. The number of anilines is 1. The highest BCUT2D eigenvalue weighted by molar-refractivity contribution is 7.92. The lowest BCUT2D eigenvalue weighted by Gasteiger charge is -2.12. The fourth-order valence-electron chi connectivity index (χ4n) is 2.16. The second-order valence-corrected chi connectivity index (χ2v) is 6.78. The number of hydrogen-bond donors (Lipinski definition) is 2. The van der Waals surface area contributed by atoms with E-state index in [1.165, 1.54) is 0 Å². The molecule has 0 radical (unpaired) electrons. The summed E-state index contributed by atoms with van der Waals surface area (Å²) >= 11 is 0. The van der Waals surface area contributed by atoms with Crippen molar-refractivity contribution in [2.24, 2.45) is 0 Å². The monoisotopic (exact) mass is 304 g/mol. The summed E-state index contributed by atoms with van der Waals surface area (Å²) in [5.41, 5.74) is 3.55. The van der Waals surface area contributed by atoms with E-state index in [0.717, 1.165) is 16.7 Å². The summed E-state index contributed by atoms with van der Waals surface area (Å²) in [5.74, 6) is 0. The van der Waals surface area contributed by atoms with Gasteiger partial charge in [0.2, 0.25) is 0 Å². The summed E-state index contributed by atoms with van der Waals surface area (Å²) < 4.78 is 27.6. The summed E-state index contributed by atoms with van der Waals surface area (Å²) in [7, 11) is -1.74. The molecule has 0 saturated heterocycles. The highest BCUT2D eigenvalue weighted by Gasteiger charge is 2.15.